The first-order chi connectivity index (χ1) is 10.4. The lowest BCUT2D eigenvalue weighted by molar-refractivity contribution is 0.000434. The maximum Gasteiger partial charge on any atom is 0.254 e. The van der Waals surface area contributed by atoms with E-state index in [1.807, 2.05) is 6.92 Å². The number of aromatic nitrogens is 2. The molecule has 0 aromatic carbocycles. The second-order valence-electron chi connectivity index (χ2n) is 5.07. The molecule has 1 fully saturated rings. The molecule has 1 atom stereocenters. The van der Waals surface area contributed by atoms with Crippen molar-refractivity contribution in [3.05, 3.63) is 23.8 Å². The van der Waals surface area contributed by atoms with Gasteiger partial charge in [-0.1, -0.05) is 6.92 Å². The molecular weight excluding hydrogens is 308 g/mol. The molecule has 2 heterocycles. The molecule has 0 radical (unpaired) electrons. The average Bonchev–Trinajstić information content (AvgIpc) is 2.52. The zero-order chi connectivity index (χ0) is 16.2. The molecule has 1 aromatic heterocycles. The van der Waals surface area contributed by atoms with Crippen LogP contribution in [0.4, 0.5) is 0 Å². The summed E-state index contributed by atoms with van der Waals surface area (Å²) in [5, 5.41) is 2.71. The third-order valence-corrected chi connectivity index (χ3v) is 4.61. The number of sulfonamides is 1. The molecular formula is C13H20N4O4S. The van der Waals surface area contributed by atoms with Crippen LogP contribution in [-0.4, -0.2) is 67.2 Å². The summed E-state index contributed by atoms with van der Waals surface area (Å²) in [6.07, 6.45) is 4.47. The number of rotatable bonds is 5. The van der Waals surface area contributed by atoms with Crippen LogP contribution in [-0.2, 0) is 21.2 Å². The number of nitrogens with zero attached hydrogens (tertiary/aromatic N) is 3. The molecule has 0 aliphatic carbocycles. The second kappa shape index (κ2) is 7.12. The Balaban J connectivity index is 1.87. The molecule has 122 valence electrons. The number of carbonyl (C=O) groups excluding carboxylic acids is 1. The number of nitrogens with one attached hydrogen (secondary N) is 1. The van der Waals surface area contributed by atoms with Gasteiger partial charge >= 0.3 is 0 Å². The molecule has 1 saturated heterocycles. The molecule has 1 aliphatic rings. The van der Waals surface area contributed by atoms with Crippen LogP contribution < -0.4 is 5.32 Å². The van der Waals surface area contributed by atoms with Crippen LogP contribution in [0.15, 0.2) is 12.4 Å². The lowest BCUT2D eigenvalue weighted by Gasteiger charge is -2.31. The van der Waals surface area contributed by atoms with Gasteiger partial charge in [0.05, 0.1) is 24.5 Å². The Morgan fingerprint density at radius 2 is 2.14 bits per heavy atom. The predicted molar refractivity (Wildman–Crippen MR) is 79.9 cm³/mol. The van der Waals surface area contributed by atoms with Gasteiger partial charge in [0.25, 0.3) is 5.91 Å². The molecule has 1 N–H and O–H groups in total. The van der Waals surface area contributed by atoms with E-state index in [4.69, 9.17) is 4.74 Å². The number of hydrogen-bond donors (Lipinski definition) is 1. The minimum atomic E-state index is -3.24. The zero-order valence-corrected chi connectivity index (χ0v) is 13.5. The first-order valence-electron chi connectivity index (χ1n) is 7.06. The highest BCUT2D eigenvalue weighted by Crippen LogP contribution is 2.08. The highest BCUT2D eigenvalue weighted by Gasteiger charge is 2.26. The summed E-state index contributed by atoms with van der Waals surface area (Å²) in [6.45, 7) is 3.07. The van der Waals surface area contributed by atoms with Crippen LogP contribution in [0.1, 0.15) is 23.1 Å². The lowest BCUT2D eigenvalue weighted by Crippen LogP contribution is -2.49. The SMILES string of the molecule is CCc1ncc(C(=O)NCC2CN(S(C)(=O)=O)CCO2)cn1. The van der Waals surface area contributed by atoms with E-state index in [9.17, 15) is 13.2 Å². The topological polar surface area (TPSA) is 101 Å². The van der Waals surface area contributed by atoms with Crippen LogP contribution in [0.3, 0.4) is 0 Å². The van der Waals surface area contributed by atoms with Crippen LogP contribution in [0.5, 0.6) is 0 Å². The molecule has 2 rings (SSSR count). The molecule has 1 unspecified atom stereocenters. The van der Waals surface area contributed by atoms with E-state index in [2.05, 4.69) is 15.3 Å². The van der Waals surface area contributed by atoms with Gasteiger partial charge < -0.3 is 10.1 Å². The smallest absolute Gasteiger partial charge is 0.254 e. The number of morpholine rings is 1. The van der Waals surface area contributed by atoms with Crippen molar-refractivity contribution in [3.8, 4) is 0 Å². The van der Waals surface area contributed by atoms with Crippen molar-refractivity contribution in [1.82, 2.24) is 19.6 Å². The summed E-state index contributed by atoms with van der Waals surface area (Å²) < 4.78 is 29.9. The Kier molecular flexibility index (Phi) is 5.43. The van der Waals surface area contributed by atoms with Crippen molar-refractivity contribution < 1.29 is 17.9 Å². The standard InChI is InChI=1S/C13H20N4O4S/c1-3-12-14-6-10(7-15-12)13(18)16-8-11-9-17(4-5-21-11)22(2,19)20/h6-7,11H,3-5,8-9H2,1-2H3,(H,16,18). The predicted octanol–water partition coefficient (Wildman–Crippen LogP) is -0.571. The van der Waals surface area contributed by atoms with Gasteiger partial charge in [-0.2, -0.15) is 4.31 Å². The summed E-state index contributed by atoms with van der Waals surface area (Å²) in [5.41, 5.74) is 0.368. The summed E-state index contributed by atoms with van der Waals surface area (Å²) in [4.78, 5) is 20.1. The molecule has 0 saturated carbocycles. The van der Waals surface area contributed by atoms with Crippen LogP contribution in [0.25, 0.3) is 0 Å². The third kappa shape index (κ3) is 4.46. The number of ether oxygens (including phenoxy) is 1. The van der Waals surface area contributed by atoms with Gasteiger partial charge in [-0.25, -0.2) is 18.4 Å². The zero-order valence-electron chi connectivity index (χ0n) is 12.7. The molecule has 22 heavy (non-hydrogen) atoms. The van der Waals surface area contributed by atoms with Gasteiger partial charge in [-0.05, 0) is 0 Å². The number of aryl methyl sites for hydroxylation is 1. The first-order valence-corrected chi connectivity index (χ1v) is 8.91. The lowest BCUT2D eigenvalue weighted by atomic mass is 10.2. The van der Waals surface area contributed by atoms with Crippen LogP contribution >= 0.6 is 0 Å². The van der Waals surface area contributed by atoms with E-state index >= 15 is 0 Å². The molecule has 0 spiro atoms. The van der Waals surface area contributed by atoms with Crippen LogP contribution in [0.2, 0.25) is 0 Å². The minimum Gasteiger partial charge on any atom is -0.374 e. The van der Waals surface area contributed by atoms with Crippen molar-refractivity contribution in [3.63, 3.8) is 0 Å². The van der Waals surface area contributed by atoms with Crippen molar-refractivity contribution in [1.29, 1.82) is 0 Å². The summed E-state index contributed by atoms with van der Waals surface area (Å²) >= 11 is 0. The number of hydrogen-bond acceptors (Lipinski definition) is 6. The molecule has 1 aliphatic heterocycles. The summed E-state index contributed by atoms with van der Waals surface area (Å²) in [5.74, 6) is 0.374. The van der Waals surface area contributed by atoms with Crippen molar-refractivity contribution >= 4 is 15.9 Å². The number of amides is 1. The van der Waals surface area contributed by atoms with E-state index in [0.717, 1.165) is 0 Å². The Morgan fingerprint density at radius 1 is 1.45 bits per heavy atom. The fraction of sp³-hybridized carbons (Fsp3) is 0.615. The molecule has 9 heteroatoms. The van der Waals surface area contributed by atoms with Gasteiger partial charge in [0, 0.05) is 38.4 Å². The van der Waals surface area contributed by atoms with Crippen molar-refractivity contribution in [2.24, 2.45) is 0 Å². The monoisotopic (exact) mass is 328 g/mol. The van der Waals surface area contributed by atoms with E-state index in [-0.39, 0.29) is 25.1 Å². The average molecular weight is 328 g/mol. The Labute approximate surface area is 129 Å². The Hall–Kier alpha value is -1.58. The summed E-state index contributed by atoms with van der Waals surface area (Å²) in [6, 6.07) is 0. The normalized spacial score (nSPS) is 19.8. The largest absolute Gasteiger partial charge is 0.374 e. The quantitative estimate of drug-likeness (QED) is 0.777. The molecule has 0 bridgehead atoms. The summed E-state index contributed by atoms with van der Waals surface area (Å²) in [7, 11) is -3.24. The van der Waals surface area contributed by atoms with E-state index in [1.54, 1.807) is 0 Å². The van der Waals surface area contributed by atoms with Gasteiger partial charge in [-0.3, -0.25) is 4.79 Å². The molecule has 8 nitrogen and oxygen atoms in total. The van der Waals surface area contributed by atoms with E-state index < -0.39 is 10.0 Å². The van der Waals surface area contributed by atoms with Gasteiger partial charge in [0.1, 0.15) is 5.82 Å². The second-order valence-corrected chi connectivity index (χ2v) is 7.05. The maximum absolute atomic E-state index is 12.0. The van der Waals surface area contributed by atoms with Gasteiger partial charge in [-0.15, -0.1) is 0 Å². The van der Waals surface area contributed by atoms with Crippen molar-refractivity contribution in [2.75, 3.05) is 32.5 Å². The third-order valence-electron chi connectivity index (χ3n) is 3.34. The molecule has 1 amide bonds. The fourth-order valence-electron chi connectivity index (χ4n) is 2.08. The van der Waals surface area contributed by atoms with E-state index in [0.29, 0.717) is 31.0 Å². The van der Waals surface area contributed by atoms with Crippen molar-refractivity contribution in [2.45, 2.75) is 19.4 Å². The highest BCUT2D eigenvalue weighted by molar-refractivity contribution is 7.88. The van der Waals surface area contributed by atoms with Gasteiger partial charge in [0.2, 0.25) is 10.0 Å². The number of carbonyl (C=O) groups is 1. The first kappa shape index (κ1) is 16.8. The van der Waals surface area contributed by atoms with E-state index in [1.165, 1.54) is 23.0 Å². The Morgan fingerprint density at radius 3 is 2.73 bits per heavy atom. The fourth-order valence-corrected chi connectivity index (χ4v) is 2.92. The minimum absolute atomic E-state index is 0.236. The Bertz CT molecular complexity index is 617. The highest BCUT2D eigenvalue weighted by atomic mass is 32.2. The molecule has 1 aromatic rings. The van der Waals surface area contributed by atoms with Gasteiger partial charge in [0.15, 0.2) is 0 Å². The van der Waals surface area contributed by atoms with Crippen LogP contribution in [0, 0.1) is 0 Å². The maximum atomic E-state index is 12.0.